The first kappa shape index (κ1) is 12.2. The molecule has 94 valence electrons. The molecule has 0 amide bonds. The van der Waals surface area contributed by atoms with E-state index in [1.165, 1.54) is 5.56 Å². The topological polar surface area (TPSA) is 38.7 Å². The summed E-state index contributed by atoms with van der Waals surface area (Å²) in [7, 11) is 0. The van der Waals surface area contributed by atoms with E-state index in [0.29, 0.717) is 25.6 Å². The van der Waals surface area contributed by atoms with E-state index in [9.17, 15) is 5.11 Å². The average molecular weight is 236 g/mol. The average Bonchev–Trinajstić information content (AvgIpc) is 2.27. The van der Waals surface area contributed by atoms with Gasteiger partial charge in [-0.1, -0.05) is 19.9 Å². The van der Waals surface area contributed by atoms with Gasteiger partial charge in [0.25, 0.3) is 0 Å². The zero-order valence-corrected chi connectivity index (χ0v) is 10.7. The third-order valence-electron chi connectivity index (χ3n) is 2.93. The molecule has 1 aromatic rings. The second kappa shape index (κ2) is 4.96. The molecule has 0 radical (unpaired) electrons. The van der Waals surface area contributed by atoms with Gasteiger partial charge in [-0.05, 0) is 30.9 Å². The second-order valence-corrected chi connectivity index (χ2v) is 4.87. The fraction of sp³-hybridized carbons (Fsp3) is 0.571. The lowest BCUT2D eigenvalue weighted by Gasteiger charge is -2.25. The number of fused-ring (bicyclic) bond motifs is 1. The van der Waals surface area contributed by atoms with Crippen LogP contribution >= 0.6 is 0 Å². The summed E-state index contributed by atoms with van der Waals surface area (Å²) in [4.78, 5) is 0. The van der Waals surface area contributed by atoms with E-state index in [1.54, 1.807) is 6.92 Å². The summed E-state index contributed by atoms with van der Waals surface area (Å²) in [6, 6.07) is 3.98. The van der Waals surface area contributed by atoms with Crippen molar-refractivity contribution in [3.63, 3.8) is 0 Å². The minimum Gasteiger partial charge on any atom is -0.486 e. The molecule has 1 aliphatic rings. The molecule has 3 nitrogen and oxygen atoms in total. The van der Waals surface area contributed by atoms with Crippen molar-refractivity contribution in [2.45, 2.75) is 39.2 Å². The van der Waals surface area contributed by atoms with Gasteiger partial charge in [0, 0.05) is 5.56 Å². The molecule has 0 aromatic heterocycles. The van der Waals surface area contributed by atoms with Crippen molar-refractivity contribution in [1.29, 1.82) is 0 Å². The van der Waals surface area contributed by atoms with Crippen LogP contribution in [0.5, 0.6) is 11.5 Å². The van der Waals surface area contributed by atoms with Gasteiger partial charge in [-0.2, -0.15) is 0 Å². The smallest absolute Gasteiger partial charge is 0.165 e. The van der Waals surface area contributed by atoms with Crippen molar-refractivity contribution in [3.8, 4) is 11.5 Å². The number of hydrogen-bond acceptors (Lipinski definition) is 3. The van der Waals surface area contributed by atoms with Gasteiger partial charge in [0.05, 0.1) is 6.10 Å². The molecular weight excluding hydrogens is 216 g/mol. The standard InChI is InChI=1S/C14H20O3/c1-9(2)13-11(8-10(3)15)4-5-12-14(13)17-7-6-16-12/h4-5,9-10,15H,6-8H2,1-3H3. The van der Waals surface area contributed by atoms with E-state index in [0.717, 1.165) is 17.1 Å². The first-order valence-corrected chi connectivity index (χ1v) is 6.19. The number of ether oxygens (including phenoxy) is 2. The monoisotopic (exact) mass is 236 g/mol. The summed E-state index contributed by atoms with van der Waals surface area (Å²) < 4.78 is 11.3. The number of hydrogen-bond donors (Lipinski definition) is 1. The number of rotatable bonds is 3. The fourth-order valence-electron chi connectivity index (χ4n) is 2.31. The predicted octanol–water partition coefficient (Wildman–Crippen LogP) is 2.50. The molecule has 0 bridgehead atoms. The molecule has 1 aliphatic heterocycles. The van der Waals surface area contributed by atoms with Gasteiger partial charge in [-0.3, -0.25) is 0 Å². The highest BCUT2D eigenvalue weighted by Gasteiger charge is 2.21. The molecule has 1 aromatic carbocycles. The van der Waals surface area contributed by atoms with E-state index >= 15 is 0 Å². The molecule has 0 spiro atoms. The second-order valence-electron chi connectivity index (χ2n) is 4.87. The Hall–Kier alpha value is -1.22. The van der Waals surface area contributed by atoms with E-state index in [4.69, 9.17) is 9.47 Å². The van der Waals surface area contributed by atoms with Crippen LogP contribution in [0.15, 0.2) is 12.1 Å². The highest BCUT2D eigenvalue weighted by Crippen LogP contribution is 2.40. The van der Waals surface area contributed by atoms with E-state index < -0.39 is 0 Å². The van der Waals surface area contributed by atoms with Gasteiger partial charge in [-0.25, -0.2) is 0 Å². The maximum atomic E-state index is 9.54. The Morgan fingerprint density at radius 3 is 2.53 bits per heavy atom. The lowest BCUT2D eigenvalue weighted by Crippen LogP contribution is -2.18. The third kappa shape index (κ3) is 2.55. The molecule has 3 heteroatoms. The molecule has 1 atom stereocenters. The Bertz CT molecular complexity index is 397. The van der Waals surface area contributed by atoms with Crippen LogP contribution in [0.1, 0.15) is 37.8 Å². The van der Waals surface area contributed by atoms with Gasteiger partial charge in [0.2, 0.25) is 0 Å². The Kier molecular flexibility index (Phi) is 3.57. The van der Waals surface area contributed by atoms with Crippen molar-refractivity contribution >= 4 is 0 Å². The van der Waals surface area contributed by atoms with Crippen LogP contribution in [0.3, 0.4) is 0 Å². The van der Waals surface area contributed by atoms with Gasteiger partial charge in [0.15, 0.2) is 11.5 Å². The number of aliphatic hydroxyl groups is 1. The molecule has 2 rings (SSSR count). The van der Waals surface area contributed by atoms with Crippen molar-refractivity contribution in [1.82, 2.24) is 0 Å². The maximum absolute atomic E-state index is 9.54. The third-order valence-corrected chi connectivity index (χ3v) is 2.93. The molecule has 0 saturated heterocycles. The van der Waals surface area contributed by atoms with Crippen LogP contribution < -0.4 is 9.47 Å². The summed E-state index contributed by atoms with van der Waals surface area (Å²) in [6.07, 6.45) is 0.319. The number of aliphatic hydroxyl groups excluding tert-OH is 1. The first-order valence-electron chi connectivity index (χ1n) is 6.19. The lowest BCUT2D eigenvalue weighted by molar-refractivity contribution is 0.168. The minimum atomic E-state index is -0.338. The number of benzene rings is 1. The Balaban J connectivity index is 2.46. The van der Waals surface area contributed by atoms with Crippen molar-refractivity contribution in [2.24, 2.45) is 0 Å². The predicted molar refractivity (Wildman–Crippen MR) is 66.9 cm³/mol. The van der Waals surface area contributed by atoms with Crippen LogP contribution in [0.25, 0.3) is 0 Å². The minimum absolute atomic E-state index is 0.338. The lowest BCUT2D eigenvalue weighted by atomic mass is 9.92. The Labute approximate surface area is 102 Å². The van der Waals surface area contributed by atoms with E-state index in [-0.39, 0.29) is 6.10 Å². The molecule has 0 saturated carbocycles. The van der Waals surface area contributed by atoms with Crippen LogP contribution in [0.2, 0.25) is 0 Å². The molecule has 17 heavy (non-hydrogen) atoms. The maximum Gasteiger partial charge on any atom is 0.165 e. The Morgan fingerprint density at radius 1 is 1.18 bits per heavy atom. The zero-order valence-electron chi connectivity index (χ0n) is 10.7. The van der Waals surface area contributed by atoms with Crippen LogP contribution in [-0.2, 0) is 6.42 Å². The molecular formula is C14H20O3. The van der Waals surface area contributed by atoms with Crippen molar-refractivity contribution in [3.05, 3.63) is 23.3 Å². The summed E-state index contributed by atoms with van der Waals surface area (Å²) in [5.74, 6) is 2.05. The van der Waals surface area contributed by atoms with Gasteiger partial charge >= 0.3 is 0 Å². The van der Waals surface area contributed by atoms with E-state index in [1.807, 2.05) is 12.1 Å². The zero-order chi connectivity index (χ0) is 12.4. The highest BCUT2D eigenvalue weighted by atomic mass is 16.6. The molecule has 1 heterocycles. The van der Waals surface area contributed by atoms with Gasteiger partial charge in [-0.15, -0.1) is 0 Å². The summed E-state index contributed by atoms with van der Waals surface area (Å²) in [5.41, 5.74) is 2.32. The fourth-order valence-corrected chi connectivity index (χ4v) is 2.31. The quantitative estimate of drug-likeness (QED) is 0.876. The van der Waals surface area contributed by atoms with Crippen molar-refractivity contribution in [2.75, 3.05) is 13.2 Å². The van der Waals surface area contributed by atoms with Crippen LogP contribution in [0, 0.1) is 0 Å². The summed E-state index contributed by atoms with van der Waals surface area (Å²) >= 11 is 0. The van der Waals surface area contributed by atoms with Gasteiger partial charge in [0.1, 0.15) is 13.2 Å². The summed E-state index contributed by atoms with van der Waals surface area (Å²) in [6.45, 7) is 7.30. The van der Waals surface area contributed by atoms with Crippen molar-refractivity contribution < 1.29 is 14.6 Å². The van der Waals surface area contributed by atoms with Gasteiger partial charge < -0.3 is 14.6 Å². The largest absolute Gasteiger partial charge is 0.486 e. The van der Waals surface area contributed by atoms with Crippen LogP contribution in [-0.4, -0.2) is 24.4 Å². The molecule has 0 aliphatic carbocycles. The molecule has 1 unspecified atom stereocenters. The SMILES string of the molecule is CC(O)Cc1ccc2c(c1C(C)C)OCCO2. The molecule has 0 fully saturated rings. The normalized spacial score (nSPS) is 16.1. The highest BCUT2D eigenvalue weighted by molar-refractivity contribution is 5.53. The van der Waals surface area contributed by atoms with Crippen LogP contribution in [0.4, 0.5) is 0 Å². The summed E-state index contributed by atoms with van der Waals surface area (Å²) in [5, 5.41) is 9.54. The first-order chi connectivity index (χ1) is 8.09. The molecule has 1 N–H and O–H groups in total. The Morgan fingerprint density at radius 2 is 1.88 bits per heavy atom. The van der Waals surface area contributed by atoms with E-state index in [2.05, 4.69) is 13.8 Å².